The summed E-state index contributed by atoms with van der Waals surface area (Å²) in [6.45, 7) is 1.95. The van der Waals surface area contributed by atoms with Crippen molar-refractivity contribution in [2.45, 2.75) is 32.1 Å². The molecule has 2 N–H and O–H groups in total. The second kappa shape index (κ2) is 4.20. The normalized spacial score (nSPS) is 18.5. The number of fused-ring (bicyclic) bond motifs is 1. The van der Waals surface area contributed by atoms with Crippen molar-refractivity contribution < 1.29 is 19.8 Å². The van der Waals surface area contributed by atoms with Gasteiger partial charge in [-0.1, -0.05) is 6.92 Å². The standard InChI is InChI=1S/C13H14O4/c1-7-3-2-4-8-9(12(14)15)5-6-10(11(7)8)13(16)17/h5-7H,2-4H2,1H3,(H,14,15)(H,16,17). The van der Waals surface area contributed by atoms with E-state index in [1.54, 1.807) is 0 Å². The predicted octanol–water partition coefficient (Wildman–Crippen LogP) is 2.52. The lowest BCUT2D eigenvalue weighted by Gasteiger charge is -2.25. The van der Waals surface area contributed by atoms with Gasteiger partial charge in [-0.15, -0.1) is 0 Å². The van der Waals surface area contributed by atoms with Crippen LogP contribution in [0.25, 0.3) is 0 Å². The number of aromatic carboxylic acids is 2. The highest BCUT2D eigenvalue weighted by molar-refractivity contribution is 5.95. The van der Waals surface area contributed by atoms with Crippen LogP contribution in [-0.4, -0.2) is 22.2 Å². The van der Waals surface area contributed by atoms with E-state index in [-0.39, 0.29) is 17.0 Å². The fourth-order valence-electron chi connectivity index (χ4n) is 2.61. The molecule has 0 spiro atoms. The number of carboxylic acids is 2. The first-order chi connectivity index (χ1) is 8.02. The average Bonchev–Trinajstić information content (AvgIpc) is 2.27. The Morgan fingerprint density at radius 1 is 1.18 bits per heavy atom. The van der Waals surface area contributed by atoms with Gasteiger partial charge in [0.2, 0.25) is 0 Å². The maximum absolute atomic E-state index is 11.2. The van der Waals surface area contributed by atoms with Crippen LogP contribution < -0.4 is 0 Å². The summed E-state index contributed by atoms with van der Waals surface area (Å²) in [5, 5.41) is 18.2. The van der Waals surface area contributed by atoms with E-state index in [2.05, 4.69) is 0 Å². The van der Waals surface area contributed by atoms with Crippen molar-refractivity contribution in [3.63, 3.8) is 0 Å². The summed E-state index contributed by atoms with van der Waals surface area (Å²) in [4.78, 5) is 22.3. The Morgan fingerprint density at radius 3 is 2.35 bits per heavy atom. The van der Waals surface area contributed by atoms with E-state index in [4.69, 9.17) is 10.2 Å². The second-order valence-electron chi connectivity index (χ2n) is 4.46. The van der Waals surface area contributed by atoms with E-state index in [0.29, 0.717) is 17.5 Å². The molecular formula is C13H14O4. The summed E-state index contributed by atoms with van der Waals surface area (Å²) >= 11 is 0. The number of hydrogen-bond donors (Lipinski definition) is 2. The number of rotatable bonds is 2. The Bertz CT molecular complexity index is 490. The highest BCUT2D eigenvalue weighted by Crippen LogP contribution is 2.35. The van der Waals surface area contributed by atoms with Gasteiger partial charge in [0.1, 0.15) is 0 Å². The second-order valence-corrected chi connectivity index (χ2v) is 4.46. The van der Waals surface area contributed by atoms with Crippen LogP contribution in [0, 0.1) is 0 Å². The van der Waals surface area contributed by atoms with Crippen LogP contribution in [0.2, 0.25) is 0 Å². The lowest BCUT2D eigenvalue weighted by molar-refractivity contribution is 0.0678. The molecule has 90 valence electrons. The van der Waals surface area contributed by atoms with Gasteiger partial charge in [-0.25, -0.2) is 9.59 Å². The van der Waals surface area contributed by atoms with Crippen LogP contribution >= 0.6 is 0 Å². The van der Waals surface area contributed by atoms with E-state index >= 15 is 0 Å². The van der Waals surface area contributed by atoms with E-state index in [9.17, 15) is 9.59 Å². The number of benzene rings is 1. The Morgan fingerprint density at radius 2 is 1.76 bits per heavy atom. The lowest BCUT2D eigenvalue weighted by atomic mass is 9.79. The van der Waals surface area contributed by atoms with Gasteiger partial charge in [-0.05, 0) is 48.4 Å². The summed E-state index contributed by atoms with van der Waals surface area (Å²) in [5.41, 5.74) is 1.91. The Kier molecular flexibility index (Phi) is 2.88. The fraction of sp³-hybridized carbons (Fsp3) is 0.385. The SMILES string of the molecule is CC1CCCc2c(C(=O)O)ccc(C(=O)O)c21. The molecule has 1 unspecified atom stereocenters. The highest BCUT2D eigenvalue weighted by atomic mass is 16.4. The van der Waals surface area contributed by atoms with Crippen LogP contribution in [0.4, 0.5) is 0 Å². The molecule has 4 nitrogen and oxygen atoms in total. The van der Waals surface area contributed by atoms with Gasteiger partial charge in [-0.2, -0.15) is 0 Å². The van der Waals surface area contributed by atoms with Crippen LogP contribution in [0.5, 0.6) is 0 Å². The van der Waals surface area contributed by atoms with Gasteiger partial charge in [0.05, 0.1) is 11.1 Å². The molecule has 0 radical (unpaired) electrons. The summed E-state index contributed by atoms with van der Waals surface area (Å²) in [6.07, 6.45) is 2.48. The Hall–Kier alpha value is -1.84. The molecule has 0 amide bonds. The zero-order chi connectivity index (χ0) is 12.6. The summed E-state index contributed by atoms with van der Waals surface area (Å²) in [5.74, 6) is -1.84. The van der Waals surface area contributed by atoms with Crippen molar-refractivity contribution >= 4 is 11.9 Å². The summed E-state index contributed by atoms with van der Waals surface area (Å²) in [6, 6.07) is 2.81. The molecule has 4 heteroatoms. The van der Waals surface area contributed by atoms with E-state index in [1.807, 2.05) is 6.92 Å². The average molecular weight is 234 g/mol. The van der Waals surface area contributed by atoms with Crippen molar-refractivity contribution in [3.8, 4) is 0 Å². The molecule has 0 saturated heterocycles. The van der Waals surface area contributed by atoms with Crippen molar-refractivity contribution in [1.29, 1.82) is 0 Å². The first kappa shape index (κ1) is 11.6. The van der Waals surface area contributed by atoms with E-state index in [1.165, 1.54) is 12.1 Å². The van der Waals surface area contributed by atoms with Crippen molar-refractivity contribution in [1.82, 2.24) is 0 Å². The molecular weight excluding hydrogens is 220 g/mol. The minimum Gasteiger partial charge on any atom is -0.478 e. The fourth-order valence-corrected chi connectivity index (χ4v) is 2.61. The molecule has 0 aromatic heterocycles. The zero-order valence-electron chi connectivity index (χ0n) is 9.56. The molecule has 0 bridgehead atoms. The predicted molar refractivity (Wildman–Crippen MR) is 61.7 cm³/mol. The molecule has 0 saturated carbocycles. The molecule has 1 aromatic rings. The quantitative estimate of drug-likeness (QED) is 0.824. The lowest BCUT2D eigenvalue weighted by Crippen LogP contribution is -2.17. The minimum absolute atomic E-state index is 0.115. The molecule has 1 aliphatic rings. The van der Waals surface area contributed by atoms with Gasteiger partial charge in [-0.3, -0.25) is 0 Å². The highest BCUT2D eigenvalue weighted by Gasteiger charge is 2.26. The summed E-state index contributed by atoms with van der Waals surface area (Å²) < 4.78 is 0. The molecule has 1 aromatic carbocycles. The first-order valence-corrected chi connectivity index (χ1v) is 5.64. The van der Waals surface area contributed by atoms with Gasteiger partial charge in [0, 0.05) is 0 Å². The largest absolute Gasteiger partial charge is 0.478 e. The molecule has 0 fully saturated rings. The first-order valence-electron chi connectivity index (χ1n) is 5.64. The smallest absolute Gasteiger partial charge is 0.335 e. The third kappa shape index (κ3) is 1.90. The molecule has 17 heavy (non-hydrogen) atoms. The monoisotopic (exact) mass is 234 g/mol. The van der Waals surface area contributed by atoms with Crippen molar-refractivity contribution in [2.75, 3.05) is 0 Å². The van der Waals surface area contributed by atoms with E-state index in [0.717, 1.165) is 12.8 Å². The van der Waals surface area contributed by atoms with Crippen LogP contribution in [0.3, 0.4) is 0 Å². The van der Waals surface area contributed by atoms with Crippen molar-refractivity contribution in [3.05, 3.63) is 34.4 Å². The zero-order valence-corrected chi connectivity index (χ0v) is 9.56. The Labute approximate surface area is 98.9 Å². The van der Waals surface area contributed by atoms with Gasteiger partial charge >= 0.3 is 11.9 Å². The van der Waals surface area contributed by atoms with E-state index < -0.39 is 11.9 Å². The molecule has 1 aliphatic carbocycles. The number of hydrogen-bond acceptors (Lipinski definition) is 2. The maximum atomic E-state index is 11.2. The Balaban J connectivity index is 2.69. The van der Waals surface area contributed by atoms with Gasteiger partial charge in [0.25, 0.3) is 0 Å². The third-order valence-electron chi connectivity index (χ3n) is 3.37. The maximum Gasteiger partial charge on any atom is 0.335 e. The third-order valence-corrected chi connectivity index (χ3v) is 3.37. The molecule has 1 atom stereocenters. The van der Waals surface area contributed by atoms with Gasteiger partial charge < -0.3 is 10.2 Å². The molecule has 0 aliphatic heterocycles. The van der Waals surface area contributed by atoms with Gasteiger partial charge in [0.15, 0.2) is 0 Å². The molecule has 2 rings (SSSR count). The summed E-state index contributed by atoms with van der Waals surface area (Å²) in [7, 11) is 0. The number of carboxylic acid groups (broad SMARTS) is 2. The van der Waals surface area contributed by atoms with Crippen LogP contribution in [0.1, 0.15) is 57.5 Å². The number of carbonyl (C=O) groups is 2. The minimum atomic E-state index is -0.980. The van der Waals surface area contributed by atoms with Crippen molar-refractivity contribution in [2.24, 2.45) is 0 Å². The van der Waals surface area contributed by atoms with Crippen LogP contribution in [-0.2, 0) is 6.42 Å². The topological polar surface area (TPSA) is 74.6 Å². The van der Waals surface area contributed by atoms with Crippen LogP contribution in [0.15, 0.2) is 12.1 Å². The molecule has 0 heterocycles.